The van der Waals surface area contributed by atoms with Crippen LogP contribution in [0.25, 0.3) is 0 Å². The number of halogens is 3. The van der Waals surface area contributed by atoms with Crippen LogP contribution in [0.5, 0.6) is 0 Å². The zero-order valence-corrected chi connectivity index (χ0v) is 12.7. The van der Waals surface area contributed by atoms with E-state index in [-0.39, 0.29) is 11.4 Å². The van der Waals surface area contributed by atoms with Crippen LogP contribution in [0.1, 0.15) is 33.2 Å². The quantitative estimate of drug-likeness (QED) is 0.799. The topological polar surface area (TPSA) is 42.4 Å². The monoisotopic (exact) mass is 322 g/mol. The van der Waals surface area contributed by atoms with Crippen LogP contribution in [-0.2, 0) is 4.74 Å². The highest BCUT2D eigenvalue weighted by molar-refractivity contribution is 7.13. The number of hydrogen-bond acceptors (Lipinski definition) is 5. The van der Waals surface area contributed by atoms with Gasteiger partial charge in [-0.3, -0.25) is 4.90 Å². The van der Waals surface area contributed by atoms with Crippen molar-refractivity contribution in [3.63, 3.8) is 0 Å². The lowest BCUT2D eigenvalue weighted by Crippen LogP contribution is -2.43. The summed E-state index contributed by atoms with van der Waals surface area (Å²) < 4.78 is 43.8. The van der Waals surface area contributed by atoms with Gasteiger partial charge in [0, 0.05) is 6.54 Å². The molecule has 1 atom stereocenters. The largest absolute Gasteiger partial charge is 0.447 e. The Bertz CT molecular complexity index is 510. The minimum absolute atomic E-state index is 0.142. The SMILES string of the molecule is Cc1nc(C)c(C(=O)OC(CN2CCCC2)C(F)(F)F)s1. The number of alkyl halides is 3. The number of nitrogens with zero attached hydrogens (tertiary/aromatic N) is 2. The van der Waals surface area contributed by atoms with Crippen LogP contribution in [0.2, 0.25) is 0 Å². The van der Waals surface area contributed by atoms with E-state index in [1.807, 2.05) is 0 Å². The van der Waals surface area contributed by atoms with Gasteiger partial charge in [0.2, 0.25) is 6.10 Å². The standard InChI is InChI=1S/C13H17F3N2O2S/c1-8-11(21-9(2)17-8)12(19)20-10(13(14,15)16)7-18-5-3-4-6-18/h10H,3-7H2,1-2H3. The van der Waals surface area contributed by atoms with Crippen LogP contribution in [0.15, 0.2) is 0 Å². The van der Waals surface area contributed by atoms with Gasteiger partial charge in [-0.25, -0.2) is 9.78 Å². The Kier molecular flexibility index (Phi) is 4.88. The van der Waals surface area contributed by atoms with Gasteiger partial charge in [-0.1, -0.05) is 0 Å². The molecule has 2 heterocycles. The molecule has 0 aromatic carbocycles. The van der Waals surface area contributed by atoms with Crippen molar-refractivity contribution < 1.29 is 22.7 Å². The van der Waals surface area contributed by atoms with Crippen molar-refractivity contribution in [1.82, 2.24) is 9.88 Å². The Morgan fingerprint density at radius 3 is 2.48 bits per heavy atom. The molecule has 0 radical (unpaired) electrons. The van der Waals surface area contributed by atoms with Crippen molar-refractivity contribution in [3.05, 3.63) is 15.6 Å². The van der Waals surface area contributed by atoms with E-state index >= 15 is 0 Å². The first-order chi connectivity index (χ1) is 9.77. The number of rotatable bonds is 4. The first kappa shape index (κ1) is 16.2. The average Bonchev–Trinajstić information content (AvgIpc) is 2.96. The highest BCUT2D eigenvalue weighted by atomic mass is 32.1. The van der Waals surface area contributed by atoms with E-state index in [1.165, 1.54) is 0 Å². The molecule has 8 heteroatoms. The minimum atomic E-state index is -4.56. The molecule has 1 saturated heterocycles. The van der Waals surface area contributed by atoms with Crippen molar-refractivity contribution >= 4 is 17.3 Å². The van der Waals surface area contributed by atoms with Gasteiger partial charge in [0.05, 0.1) is 10.7 Å². The molecule has 21 heavy (non-hydrogen) atoms. The van der Waals surface area contributed by atoms with E-state index in [9.17, 15) is 18.0 Å². The zero-order chi connectivity index (χ0) is 15.6. The van der Waals surface area contributed by atoms with Gasteiger partial charge in [-0.05, 0) is 39.8 Å². The maximum Gasteiger partial charge on any atom is 0.426 e. The van der Waals surface area contributed by atoms with Gasteiger partial charge in [0.25, 0.3) is 0 Å². The number of thiazole rings is 1. The fourth-order valence-electron chi connectivity index (χ4n) is 2.31. The van der Waals surface area contributed by atoms with Crippen molar-refractivity contribution in [2.24, 2.45) is 0 Å². The third kappa shape index (κ3) is 4.16. The molecule has 0 N–H and O–H groups in total. The van der Waals surface area contributed by atoms with Gasteiger partial charge in [-0.15, -0.1) is 11.3 Å². The summed E-state index contributed by atoms with van der Waals surface area (Å²) in [5.74, 6) is -0.945. The lowest BCUT2D eigenvalue weighted by atomic mass is 10.3. The highest BCUT2D eigenvalue weighted by Gasteiger charge is 2.44. The van der Waals surface area contributed by atoms with E-state index in [2.05, 4.69) is 4.98 Å². The predicted octanol–water partition coefficient (Wildman–Crippen LogP) is 2.94. The molecule has 0 spiro atoms. The Morgan fingerprint density at radius 2 is 2.00 bits per heavy atom. The summed E-state index contributed by atoms with van der Waals surface area (Å²) in [6.45, 7) is 4.21. The number of carbonyl (C=O) groups is 1. The fourth-order valence-corrected chi connectivity index (χ4v) is 3.11. The first-order valence-electron chi connectivity index (χ1n) is 6.71. The van der Waals surface area contributed by atoms with Crippen LogP contribution in [0.4, 0.5) is 13.2 Å². The van der Waals surface area contributed by atoms with E-state index in [0.717, 1.165) is 24.2 Å². The molecule has 1 aliphatic rings. The number of aromatic nitrogens is 1. The maximum atomic E-state index is 13.0. The number of ether oxygens (including phenoxy) is 1. The third-order valence-electron chi connectivity index (χ3n) is 3.33. The molecular weight excluding hydrogens is 305 g/mol. The number of hydrogen-bond donors (Lipinski definition) is 0. The highest BCUT2D eigenvalue weighted by Crippen LogP contribution is 2.27. The van der Waals surface area contributed by atoms with Crippen LogP contribution in [0.3, 0.4) is 0 Å². The van der Waals surface area contributed by atoms with Gasteiger partial charge in [-0.2, -0.15) is 13.2 Å². The summed E-state index contributed by atoms with van der Waals surface area (Å²) in [6.07, 6.45) is -4.90. The second-order valence-electron chi connectivity index (χ2n) is 5.09. The van der Waals surface area contributed by atoms with Crippen LogP contribution < -0.4 is 0 Å². The molecule has 118 valence electrons. The predicted molar refractivity (Wildman–Crippen MR) is 72.5 cm³/mol. The summed E-state index contributed by atoms with van der Waals surface area (Å²) in [4.78, 5) is 17.8. The van der Waals surface area contributed by atoms with Crippen molar-refractivity contribution in [1.29, 1.82) is 0 Å². The lowest BCUT2D eigenvalue weighted by Gasteiger charge is -2.25. The molecule has 1 aliphatic heterocycles. The fraction of sp³-hybridized carbons (Fsp3) is 0.692. The molecule has 0 saturated carbocycles. The first-order valence-corrected chi connectivity index (χ1v) is 7.53. The summed E-state index contributed by atoms with van der Waals surface area (Å²) in [5.41, 5.74) is 0.407. The molecule has 0 amide bonds. The molecule has 0 bridgehead atoms. The number of esters is 1. The molecule has 1 aromatic heterocycles. The van der Waals surface area contributed by atoms with Gasteiger partial charge in [0.15, 0.2) is 0 Å². The normalized spacial score (nSPS) is 18.0. The Morgan fingerprint density at radius 1 is 1.38 bits per heavy atom. The number of likely N-dealkylation sites (tertiary alicyclic amines) is 1. The Labute approximate surface area is 124 Å². The van der Waals surface area contributed by atoms with Gasteiger partial charge >= 0.3 is 12.1 Å². The Hall–Kier alpha value is -1.15. The van der Waals surface area contributed by atoms with Crippen LogP contribution in [0, 0.1) is 13.8 Å². The molecular formula is C13H17F3N2O2S. The molecule has 2 rings (SSSR count). The summed E-state index contributed by atoms with van der Waals surface area (Å²) in [7, 11) is 0. The lowest BCUT2D eigenvalue weighted by molar-refractivity contribution is -0.208. The van der Waals surface area contributed by atoms with E-state index < -0.39 is 18.2 Å². The molecule has 1 aromatic rings. The maximum absolute atomic E-state index is 13.0. The van der Waals surface area contributed by atoms with Crippen molar-refractivity contribution in [2.45, 2.75) is 39.0 Å². The van der Waals surface area contributed by atoms with E-state index in [4.69, 9.17) is 4.74 Å². The second kappa shape index (κ2) is 6.31. The Balaban J connectivity index is 2.07. The van der Waals surface area contributed by atoms with Crippen molar-refractivity contribution in [3.8, 4) is 0 Å². The van der Waals surface area contributed by atoms with Gasteiger partial charge in [0.1, 0.15) is 4.88 Å². The van der Waals surface area contributed by atoms with E-state index in [0.29, 0.717) is 23.8 Å². The second-order valence-corrected chi connectivity index (χ2v) is 6.29. The molecule has 1 fully saturated rings. The molecule has 1 unspecified atom stereocenters. The molecule has 0 aliphatic carbocycles. The van der Waals surface area contributed by atoms with Crippen LogP contribution >= 0.6 is 11.3 Å². The molecule has 4 nitrogen and oxygen atoms in total. The van der Waals surface area contributed by atoms with Gasteiger partial charge < -0.3 is 4.74 Å². The van der Waals surface area contributed by atoms with Crippen molar-refractivity contribution in [2.75, 3.05) is 19.6 Å². The smallest absolute Gasteiger partial charge is 0.426 e. The van der Waals surface area contributed by atoms with Crippen LogP contribution in [-0.4, -0.2) is 47.8 Å². The third-order valence-corrected chi connectivity index (χ3v) is 4.38. The summed E-state index contributed by atoms with van der Waals surface area (Å²) in [6, 6.07) is 0. The zero-order valence-electron chi connectivity index (χ0n) is 11.9. The summed E-state index contributed by atoms with van der Waals surface area (Å²) in [5, 5.41) is 0.627. The average molecular weight is 322 g/mol. The minimum Gasteiger partial charge on any atom is -0.447 e. The van der Waals surface area contributed by atoms with E-state index in [1.54, 1.807) is 18.7 Å². The number of aryl methyl sites for hydroxylation is 2. The number of carbonyl (C=O) groups excluding carboxylic acids is 1. The summed E-state index contributed by atoms with van der Waals surface area (Å²) >= 11 is 1.05.